The zero-order valence-corrected chi connectivity index (χ0v) is 14.0. The number of hydrogen-bond donors (Lipinski definition) is 1. The molecule has 0 rings (SSSR count). The predicted octanol–water partition coefficient (Wildman–Crippen LogP) is 4.90. The highest BCUT2D eigenvalue weighted by atomic mass is 32.3. The molecule has 0 aromatic heterocycles. The number of hydrogen-bond acceptors (Lipinski definition) is 3. The summed E-state index contributed by atoms with van der Waals surface area (Å²) >= 11 is 0. The fourth-order valence-corrected chi connectivity index (χ4v) is 2.90. The largest absolute Gasteiger partial charge is 0.397 e. The van der Waals surface area contributed by atoms with E-state index in [0.29, 0.717) is 0 Å². The Labute approximate surface area is 125 Å². The molecule has 0 bridgehead atoms. The van der Waals surface area contributed by atoms with Gasteiger partial charge in [-0.25, -0.2) is 4.18 Å². The van der Waals surface area contributed by atoms with E-state index in [1.54, 1.807) is 0 Å². The molecule has 4 nitrogen and oxygen atoms in total. The third-order valence-electron chi connectivity index (χ3n) is 3.52. The van der Waals surface area contributed by atoms with E-state index in [2.05, 4.69) is 13.8 Å². The van der Waals surface area contributed by atoms with Crippen LogP contribution in [0.15, 0.2) is 0 Å². The number of unbranched alkanes of at least 4 members (excludes halogenated alkanes) is 8. The topological polar surface area (TPSA) is 63.6 Å². The van der Waals surface area contributed by atoms with Gasteiger partial charge in [-0.05, 0) is 12.8 Å². The van der Waals surface area contributed by atoms with Gasteiger partial charge in [-0.3, -0.25) is 4.55 Å². The van der Waals surface area contributed by atoms with E-state index < -0.39 is 10.4 Å². The summed E-state index contributed by atoms with van der Waals surface area (Å²) in [5, 5.41) is 0. The summed E-state index contributed by atoms with van der Waals surface area (Å²) in [4.78, 5) is 0. The molecule has 0 aliphatic carbocycles. The molecule has 122 valence electrons. The molecule has 0 aliphatic rings. The van der Waals surface area contributed by atoms with Crippen LogP contribution in [0.5, 0.6) is 0 Å². The third-order valence-corrected chi connectivity index (χ3v) is 4.03. The first-order valence-electron chi connectivity index (χ1n) is 8.15. The van der Waals surface area contributed by atoms with Crippen LogP contribution in [0.25, 0.3) is 0 Å². The molecule has 0 aromatic carbocycles. The lowest BCUT2D eigenvalue weighted by Crippen LogP contribution is -2.18. The lowest BCUT2D eigenvalue weighted by molar-refractivity contribution is 0.157. The molecular weight excluding hydrogens is 276 g/mol. The van der Waals surface area contributed by atoms with Crippen LogP contribution in [-0.2, 0) is 14.6 Å². The molecule has 0 saturated heterocycles. The van der Waals surface area contributed by atoms with Crippen LogP contribution < -0.4 is 0 Å². The lowest BCUT2D eigenvalue weighted by atomic mass is 10.0. The molecule has 1 N–H and O–H groups in total. The summed E-state index contributed by atoms with van der Waals surface area (Å²) in [5.41, 5.74) is 0. The molecule has 5 heteroatoms. The average Bonchev–Trinajstić information content (AvgIpc) is 2.36. The van der Waals surface area contributed by atoms with Gasteiger partial charge < -0.3 is 0 Å². The van der Waals surface area contributed by atoms with Gasteiger partial charge in [0.1, 0.15) is 0 Å². The minimum absolute atomic E-state index is 0.353. The molecule has 0 heterocycles. The van der Waals surface area contributed by atoms with Crippen molar-refractivity contribution in [1.29, 1.82) is 0 Å². The fourth-order valence-electron chi connectivity index (χ4n) is 2.36. The minimum atomic E-state index is -4.32. The Morgan fingerprint density at radius 1 is 0.800 bits per heavy atom. The van der Waals surface area contributed by atoms with Crippen molar-refractivity contribution < 1.29 is 17.2 Å². The zero-order chi connectivity index (χ0) is 15.3. The van der Waals surface area contributed by atoms with Crippen LogP contribution in [0.3, 0.4) is 0 Å². The molecule has 0 saturated carbocycles. The molecule has 0 aliphatic heterocycles. The molecule has 0 unspecified atom stereocenters. The molecule has 0 fully saturated rings. The Balaban J connectivity index is 3.89. The van der Waals surface area contributed by atoms with Gasteiger partial charge in [0.2, 0.25) is 0 Å². The van der Waals surface area contributed by atoms with Crippen LogP contribution in [0.4, 0.5) is 0 Å². The van der Waals surface area contributed by atoms with Crippen molar-refractivity contribution in [2.75, 3.05) is 0 Å². The second-order valence-corrected chi connectivity index (χ2v) is 6.60. The van der Waals surface area contributed by atoms with Crippen LogP contribution >= 0.6 is 0 Å². The first-order valence-corrected chi connectivity index (χ1v) is 9.51. The molecule has 0 amide bonds. The van der Waals surface area contributed by atoms with E-state index in [4.69, 9.17) is 8.74 Å². The smallest absolute Gasteiger partial charge is 0.264 e. The summed E-state index contributed by atoms with van der Waals surface area (Å²) in [7, 11) is -4.32. The van der Waals surface area contributed by atoms with E-state index in [0.717, 1.165) is 38.5 Å². The summed E-state index contributed by atoms with van der Waals surface area (Å²) in [6.07, 6.45) is 12.4. The molecule has 0 radical (unpaired) electrons. The minimum Gasteiger partial charge on any atom is -0.264 e. The van der Waals surface area contributed by atoms with Gasteiger partial charge >= 0.3 is 10.4 Å². The van der Waals surface area contributed by atoms with E-state index in [9.17, 15) is 8.42 Å². The summed E-state index contributed by atoms with van der Waals surface area (Å²) in [5.74, 6) is 0. The van der Waals surface area contributed by atoms with Gasteiger partial charge in [-0.2, -0.15) is 8.42 Å². The third kappa shape index (κ3) is 14.3. The van der Waals surface area contributed by atoms with Crippen molar-refractivity contribution in [2.24, 2.45) is 0 Å². The van der Waals surface area contributed by atoms with E-state index in [1.807, 2.05) is 0 Å². The van der Waals surface area contributed by atoms with Crippen LogP contribution in [0.2, 0.25) is 0 Å². The normalized spacial score (nSPS) is 12.2. The van der Waals surface area contributed by atoms with Gasteiger partial charge in [-0.1, -0.05) is 78.1 Å². The maximum atomic E-state index is 10.8. The second kappa shape index (κ2) is 12.6. The van der Waals surface area contributed by atoms with Gasteiger partial charge in [0.15, 0.2) is 0 Å². The average molecular weight is 308 g/mol. The zero-order valence-electron chi connectivity index (χ0n) is 13.1. The molecular formula is C15H32O4S. The summed E-state index contributed by atoms with van der Waals surface area (Å²) in [6.45, 7) is 4.33. The van der Waals surface area contributed by atoms with E-state index in [1.165, 1.54) is 38.5 Å². The molecule has 0 aromatic rings. The molecule has 20 heavy (non-hydrogen) atoms. The fraction of sp³-hybridized carbons (Fsp3) is 1.00. The summed E-state index contributed by atoms with van der Waals surface area (Å²) < 4.78 is 35.3. The lowest BCUT2D eigenvalue weighted by Gasteiger charge is -2.15. The van der Waals surface area contributed by atoms with Crippen molar-refractivity contribution in [3.63, 3.8) is 0 Å². The van der Waals surface area contributed by atoms with Gasteiger partial charge in [0.25, 0.3) is 0 Å². The van der Waals surface area contributed by atoms with Crippen molar-refractivity contribution in [2.45, 2.75) is 97.0 Å². The summed E-state index contributed by atoms with van der Waals surface area (Å²) in [6, 6.07) is 0. The van der Waals surface area contributed by atoms with Crippen molar-refractivity contribution >= 4 is 10.4 Å². The van der Waals surface area contributed by atoms with E-state index in [-0.39, 0.29) is 6.10 Å². The molecule has 0 spiro atoms. The maximum absolute atomic E-state index is 10.8. The first-order chi connectivity index (χ1) is 9.49. The van der Waals surface area contributed by atoms with Crippen molar-refractivity contribution in [1.82, 2.24) is 0 Å². The Hall–Kier alpha value is -0.130. The first kappa shape index (κ1) is 19.9. The highest BCUT2D eigenvalue weighted by molar-refractivity contribution is 7.80. The standard InChI is InChI=1S/C15H32O4S/c1-3-5-7-9-11-13-15(19-20(16,17)18)14-12-10-8-6-4-2/h15H,3-14H2,1-2H3,(H,16,17,18). The Morgan fingerprint density at radius 3 is 1.55 bits per heavy atom. The van der Waals surface area contributed by atoms with Crippen LogP contribution in [0, 0.1) is 0 Å². The second-order valence-electron chi connectivity index (χ2n) is 5.55. The highest BCUT2D eigenvalue weighted by Gasteiger charge is 2.16. The van der Waals surface area contributed by atoms with E-state index >= 15 is 0 Å². The highest BCUT2D eigenvalue weighted by Crippen LogP contribution is 2.17. The van der Waals surface area contributed by atoms with Crippen molar-refractivity contribution in [3.8, 4) is 0 Å². The van der Waals surface area contributed by atoms with Gasteiger partial charge in [0.05, 0.1) is 6.10 Å². The quantitative estimate of drug-likeness (QED) is 0.366. The number of rotatable bonds is 14. The molecule has 0 atom stereocenters. The Kier molecular flexibility index (Phi) is 12.5. The Morgan fingerprint density at radius 2 is 1.20 bits per heavy atom. The van der Waals surface area contributed by atoms with Crippen LogP contribution in [0.1, 0.15) is 90.9 Å². The SMILES string of the molecule is CCCCCCCC(CCCCCCC)OS(=O)(=O)O. The Bertz CT molecular complexity index is 287. The predicted molar refractivity (Wildman–Crippen MR) is 83.2 cm³/mol. The van der Waals surface area contributed by atoms with Crippen LogP contribution in [-0.4, -0.2) is 19.1 Å². The van der Waals surface area contributed by atoms with Gasteiger partial charge in [-0.15, -0.1) is 0 Å². The van der Waals surface area contributed by atoms with Crippen molar-refractivity contribution in [3.05, 3.63) is 0 Å². The van der Waals surface area contributed by atoms with Gasteiger partial charge in [0, 0.05) is 0 Å². The maximum Gasteiger partial charge on any atom is 0.397 e. The monoisotopic (exact) mass is 308 g/mol.